The molecule has 0 atom stereocenters. The second kappa shape index (κ2) is 5.20. The highest BCUT2D eigenvalue weighted by Crippen LogP contribution is 2.35. The highest BCUT2D eigenvalue weighted by Gasteiger charge is 2.10. The maximum atomic E-state index is 12.0. The van der Waals surface area contributed by atoms with E-state index in [2.05, 4.69) is 15.2 Å². The van der Waals surface area contributed by atoms with Crippen LogP contribution >= 0.6 is 0 Å². The molecule has 3 rings (SSSR count). The van der Waals surface area contributed by atoms with Gasteiger partial charge in [0, 0.05) is 10.9 Å². The number of nitrogens with zero attached hydrogens (tertiary/aromatic N) is 2. The third-order valence-corrected chi connectivity index (χ3v) is 3.17. The van der Waals surface area contributed by atoms with E-state index in [-0.39, 0.29) is 11.6 Å². The predicted molar refractivity (Wildman–Crippen MR) is 80.0 cm³/mol. The van der Waals surface area contributed by atoms with Crippen LogP contribution < -0.4 is 0 Å². The third kappa shape index (κ3) is 2.53. The molecule has 1 amide bonds. The summed E-state index contributed by atoms with van der Waals surface area (Å²) in [6, 6.07) is 14.4. The normalized spacial score (nSPS) is 11.3. The molecule has 0 aliphatic rings. The molecule has 0 spiro atoms. The summed E-state index contributed by atoms with van der Waals surface area (Å²) in [5.74, 6) is -0.541. The van der Waals surface area contributed by atoms with Crippen LogP contribution in [-0.2, 0) is 0 Å². The number of nitrogens with one attached hydrogen (secondary N) is 1. The van der Waals surface area contributed by atoms with Crippen molar-refractivity contribution in [3.05, 3.63) is 59.7 Å². The number of carbonyl (C=O) groups excluding carboxylic acids is 1. The highest BCUT2D eigenvalue weighted by atomic mass is 16.3. The number of azo groups is 1. The lowest BCUT2D eigenvalue weighted by Gasteiger charge is -1.96. The predicted octanol–water partition coefficient (Wildman–Crippen LogP) is 4.11. The SMILES string of the molecule is Cc1cccc(C(=O)N=Nc2c(O)[nH]c3ccccc23)c1. The van der Waals surface area contributed by atoms with Crippen LogP contribution in [0.3, 0.4) is 0 Å². The number of benzene rings is 2. The average Bonchev–Trinajstić information content (AvgIpc) is 2.80. The molecule has 0 bridgehead atoms. The molecule has 0 unspecified atom stereocenters. The van der Waals surface area contributed by atoms with Crippen molar-refractivity contribution in [1.29, 1.82) is 0 Å². The molecule has 0 fully saturated rings. The molecule has 21 heavy (non-hydrogen) atoms. The maximum absolute atomic E-state index is 12.0. The first-order valence-electron chi connectivity index (χ1n) is 6.47. The van der Waals surface area contributed by atoms with E-state index in [9.17, 15) is 9.90 Å². The number of aromatic nitrogens is 1. The van der Waals surface area contributed by atoms with Crippen LogP contribution in [0.4, 0.5) is 5.69 Å². The van der Waals surface area contributed by atoms with E-state index in [0.29, 0.717) is 5.56 Å². The summed E-state index contributed by atoms with van der Waals surface area (Å²) in [5, 5.41) is 18.1. The molecule has 1 heterocycles. The lowest BCUT2D eigenvalue weighted by molar-refractivity contribution is 0.0995. The van der Waals surface area contributed by atoms with E-state index < -0.39 is 5.91 Å². The number of carbonyl (C=O) groups is 1. The van der Waals surface area contributed by atoms with Gasteiger partial charge in [-0.3, -0.25) is 4.79 Å². The van der Waals surface area contributed by atoms with Crippen LogP contribution in [0.15, 0.2) is 58.8 Å². The number of fused-ring (bicyclic) bond motifs is 1. The van der Waals surface area contributed by atoms with Gasteiger partial charge in [-0.1, -0.05) is 35.9 Å². The summed E-state index contributed by atoms with van der Waals surface area (Å²) in [6.07, 6.45) is 0. The highest BCUT2D eigenvalue weighted by molar-refractivity contribution is 5.97. The summed E-state index contributed by atoms with van der Waals surface area (Å²) in [4.78, 5) is 14.8. The van der Waals surface area contributed by atoms with Crippen LogP contribution in [0.5, 0.6) is 5.88 Å². The van der Waals surface area contributed by atoms with Gasteiger partial charge in [-0.25, -0.2) is 0 Å². The van der Waals surface area contributed by atoms with Gasteiger partial charge in [0.1, 0.15) is 0 Å². The van der Waals surface area contributed by atoms with E-state index in [4.69, 9.17) is 0 Å². The number of H-pyrrole nitrogens is 1. The molecule has 104 valence electrons. The van der Waals surface area contributed by atoms with Gasteiger partial charge in [-0.05, 0) is 25.1 Å². The summed E-state index contributed by atoms with van der Waals surface area (Å²) in [6.45, 7) is 1.90. The van der Waals surface area contributed by atoms with Gasteiger partial charge >= 0.3 is 0 Å². The summed E-state index contributed by atoms with van der Waals surface area (Å²) >= 11 is 0. The van der Waals surface area contributed by atoms with Gasteiger partial charge in [0.05, 0.1) is 5.52 Å². The number of para-hydroxylation sites is 1. The largest absolute Gasteiger partial charge is 0.493 e. The number of rotatable bonds is 2. The molecule has 5 nitrogen and oxygen atoms in total. The maximum Gasteiger partial charge on any atom is 0.295 e. The molecule has 0 aliphatic carbocycles. The van der Waals surface area contributed by atoms with Gasteiger partial charge in [-0.2, -0.15) is 0 Å². The van der Waals surface area contributed by atoms with Crippen molar-refractivity contribution < 1.29 is 9.90 Å². The number of hydrogen-bond acceptors (Lipinski definition) is 3. The molecule has 1 aromatic heterocycles. The standard InChI is InChI=1S/C16H13N3O2/c1-10-5-4-6-11(9-10)15(20)19-18-14-12-7-2-3-8-13(12)17-16(14)21/h2-9,17,21H,1H3. The van der Waals surface area contributed by atoms with Crippen molar-refractivity contribution in [2.24, 2.45) is 10.2 Å². The van der Waals surface area contributed by atoms with Crippen molar-refractivity contribution in [3.8, 4) is 5.88 Å². The fourth-order valence-electron chi connectivity index (χ4n) is 2.15. The van der Waals surface area contributed by atoms with Crippen LogP contribution in [0, 0.1) is 6.92 Å². The van der Waals surface area contributed by atoms with Crippen molar-refractivity contribution in [2.75, 3.05) is 0 Å². The molecule has 2 aromatic carbocycles. The topological polar surface area (TPSA) is 77.8 Å². The first-order chi connectivity index (χ1) is 10.1. The minimum atomic E-state index is -0.441. The number of aromatic hydroxyl groups is 1. The van der Waals surface area contributed by atoms with Crippen molar-refractivity contribution in [1.82, 2.24) is 4.98 Å². The van der Waals surface area contributed by atoms with Crippen molar-refractivity contribution >= 4 is 22.5 Å². The summed E-state index contributed by atoms with van der Waals surface area (Å²) < 4.78 is 0. The summed E-state index contributed by atoms with van der Waals surface area (Å²) in [5.41, 5.74) is 2.46. The Morgan fingerprint density at radius 1 is 1.14 bits per heavy atom. The Hall–Kier alpha value is -2.95. The van der Waals surface area contributed by atoms with Gasteiger partial charge in [-0.15, -0.1) is 10.2 Å². The van der Waals surface area contributed by atoms with Gasteiger partial charge < -0.3 is 10.1 Å². The lowest BCUT2D eigenvalue weighted by atomic mass is 10.1. The zero-order valence-corrected chi connectivity index (χ0v) is 11.4. The molecule has 3 aromatic rings. The lowest BCUT2D eigenvalue weighted by Crippen LogP contribution is -1.93. The fraction of sp³-hybridized carbons (Fsp3) is 0.0625. The van der Waals surface area contributed by atoms with Gasteiger partial charge in [0.25, 0.3) is 5.91 Å². The number of hydrogen-bond donors (Lipinski definition) is 2. The van der Waals surface area contributed by atoms with E-state index in [0.717, 1.165) is 16.5 Å². The monoisotopic (exact) mass is 279 g/mol. The number of aryl methyl sites for hydroxylation is 1. The molecular formula is C16H13N3O2. The Bertz CT molecular complexity index is 850. The minimum absolute atomic E-state index is 0.100. The second-order valence-electron chi connectivity index (χ2n) is 4.74. The number of amides is 1. The van der Waals surface area contributed by atoms with Crippen LogP contribution in [-0.4, -0.2) is 16.0 Å². The van der Waals surface area contributed by atoms with Gasteiger partial charge in [0.2, 0.25) is 5.88 Å². The zero-order valence-electron chi connectivity index (χ0n) is 11.4. The van der Waals surface area contributed by atoms with Crippen LogP contribution in [0.25, 0.3) is 10.9 Å². The van der Waals surface area contributed by atoms with Crippen molar-refractivity contribution in [3.63, 3.8) is 0 Å². The fourth-order valence-corrected chi connectivity index (χ4v) is 2.15. The molecule has 2 N–H and O–H groups in total. The minimum Gasteiger partial charge on any atom is -0.493 e. The molecule has 5 heteroatoms. The Labute approximate surface area is 121 Å². The quantitative estimate of drug-likeness (QED) is 0.692. The molecule has 0 saturated heterocycles. The first-order valence-corrected chi connectivity index (χ1v) is 6.47. The van der Waals surface area contributed by atoms with Crippen molar-refractivity contribution in [2.45, 2.75) is 6.92 Å². The van der Waals surface area contributed by atoms with Gasteiger partial charge in [0.15, 0.2) is 5.69 Å². The van der Waals surface area contributed by atoms with E-state index in [1.54, 1.807) is 24.3 Å². The van der Waals surface area contributed by atoms with E-state index in [1.807, 2.05) is 31.2 Å². The molecule has 0 radical (unpaired) electrons. The van der Waals surface area contributed by atoms with E-state index in [1.165, 1.54) is 0 Å². The number of aromatic amines is 1. The van der Waals surface area contributed by atoms with E-state index >= 15 is 0 Å². The van der Waals surface area contributed by atoms with Crippen LogP contribution in [0.2, 0.25) is 0 Å². The smallest absolute Gasteiger partial charge is 0.295 e. The zero-order chi connectivity index (χ0) is 14.8. The molecular weight excluding hydrogens is 266 g/mol. The Kier molecular flexibility index (Phi) is 3.23. The third-order valence-electron chi connectivity index (χ3n) is 3.17. The average molecular weight is 279 g/mol. The Morgan fingerprint density at radius 2 is 1.95 bits per heavy atom. The Morgan fingerprint density at radius 3 is 2.76 bits per heavy atom. The second-order valence-corrected chi connectivity index (χ2v) is 4.74. The molecule has 0 aliphatic heterocycles. The Balaban J connectivity index is 1.95. The molecule has 0 saturated carbocycles. The first kappa shape index (κ1) is 13.1. The summed E-state index contributed by atoms with van der Waals surface area (Å²) in [7, 11) is 0. The van der Waals surface area contributed by atoms with Crippen LogP contribution in [0.1, 0.15) is 15.9 Å².